The molecule has 0 unspecified atom stereocenters. The summed E-state index contributed by atoms with van der Waals surface area (Å²) < 4.78 is 33.9. The zero-order valence-corrected chi connectivity index (χ0v) is 60.6. The second-order valence-corrected chi connectivity index (χ2v) is 27.2. The largest absolute Gasteiger partial charge is 0.465 e. The molecule has 0 saturated heterocycles. The lowest BCUT2D eigenvalue weighted by Crippen LogP contribution is -2.29. The van der Waals surface area contributed by atoms with Gasteiger partial charge in [0.05, 0.1) is 18.4 Å². The standard InChI is InChI=1S/C78H147NO13/c1-5-9-13-17-21-25-29-33-37-41-47-55-73(81)87-65-71(66-88-74(82)56-48-42-38-34-30-26-22-18-14-10-6-2)69-91-77(85)59-51-45-53-61-79(63-64-80)62-54-46-52-60-78(86)92-70-72(67-89-75(83)57-49-43-39-35-31-27-23-19-15-11-7-3)68-90-76(84)58-50-44-40-36-32-28-24-20-16-12-8-4/h71-72,80H,5-70H2,1-4H3. The summed E-state index contributed by atoms with van der Waals surface area (Å²) in [6.45, 7) is 11.2. The van der Waals surface area contributed by atoms with Gasteiger partial charge in [0.15, 0.2) is 0 Å². The molecule has 0 rings (SSSR count). The van der Waals surface area contributed by atoms with Gasteiger partial charge in [-0.3, -0.25) is 28.8 Å². The highest BCUT2D eigenvalue weighted by atomic mass is 16.6. The summed E-state index contributed by atoms with van der Waals surface area (Å²) in [7, 11) is 0. The third-order valence-corrected chi connectivity index (χ3v) is 17.9. The molecule has 0 amide bonds. The van der Waals surface area contributed by atoms with E-state index in [-0.39, 0.29) is 94.9 Å². The Morgan fingerprint density at radius 1 is 0.228 bits per heavy atom. The lowest BCUT2D eigenvalue weighted by Gasteiger charge is -2.21. The van der Waals surface area contributed by atoms with Crippen LogP contribution in [-0.2, 0) is 57.2 Å². The number of aliphatic hydroxyl groups is 1. The molecule has 14 nitrogen and oxygen atoms in total. The van der Waals surface area contributed by atoms with Crippen molar-refractivity contribution in [3.8, 4) is 0 Å². The molecule has 0 aromatic heterocycles. The van der Waals surface area contributed by atoms with Crippen LogP contribution in [0.15, 0.2) is 0 Å². The molecule has 0 spiro atoms. The third kappa shape index (κ3) is 66.7. The summed E-state index contributed by atoms with van der Waals surface area (Å²) in [5.74, 6) is -2.66. The monoisotopic (exact) mass is 1310 g/mol. The number of nitrogens with zero attached hydrogens (tertiary/aromatic N) is 1. The van der Waals surface area contributed by atoms with E-state index in [1.807, 2.05) is 0 Å². The van der Waals surface area contributed by atoms with E-state index in [1.54, 1.807) is 0 Å². The smallest absolute Gasteiger partial charge is 0.305 e. The zero-order chi connectivity index (χ0) is 67.1. The highest BCUT2D eigenvalue weighted by Crippen LogP contribution is 2.19. The van der Waals surface area contributed by atoms with E-state index >= 15 is 0 Å². The van der Waals surface area contributed by atoms with Crippen LogP contribution in [-0.4, -0.2) is 112 Å². The maximum Gasteiger partial charge on any atom is 0.305 e. The van der Waals surface area contributed by atoms with Crippen molar-refractivity contribution in [2.24, 2.45) is 11.8 Å². The lowest BCUT2D eigenvalue weighted by molar-refractivity contribution is -0.156. The molecule has 0 aliphatic carbocycles. The minimum absolute atomic E-state index is 0.00613. The molecule has 0 aromatic carbocycles. The predicted molar refractivity (Wildman–Crippen MR) is 378 cm³/mol. The number of rotatable bonds is 74. The maximum absolute atomic E-state index is 12.9. The van der Waals surface area contributed by atoms with Gasteiger partial charge in [-0.1, -0.05) is 297 Å². The number of ether oxygens (including phenoxy) is 6. The average molecular weight is 1310 g/mol. The summed E-state index contributed by atoms with van der Waals surface area (Å²) in [6.07, 6.45) is 59.3. The molecule has 0 aromatic rings. The quantitative estimate of drug-likeness (QED) is 0.0345. The SMILES string of the molecule is CCCCCCCCCCCCCC(=O)OCC(COC(=O)CCCCCCCCCCCCC)COC(=O)CCCCCN(CCO)CCCCCC(=O)OCC(COC(=O)CCCCCCCCCCCCC)COC(=O)CCCCCCCCCCCCC. The Bertz CT molecular complexity index is 1450. The van der Waals surface area contributed by atoms with Crippen LogP contribution in [0.2, 0.25) is 0 Å². The number of esters is 6. The predicted octanol–water partition coefficient (Wildman–Crippen LogP) is 20.7. The Balaban J connectivity index is 4.89. The van der Waals surface area contributed by atoms with Gasteiger partial charge in [0.1, 0.15) is 39.6 Å². The van der Waals surface area contributed by atoms with Gasteiger partial charge in [-0.25, -0.2) is 0 Å². The van der Waals surface area contributed by atoms with Gasteiger partial charge in [-0.15, -0.1) is 0 Å². The summed E-state index contributed by atoms with van der Waals surface area (Å²) >= 11 is 0. The first-order chi connectivity index (χ1) is 45.1. The second kappa shape index (κ2) is 72.0. The number of aliphatic hydroxyl groups excluding tert-OH is 1. The van der Waals surface area contributed by atoms with Crippen molar-refractivity contribution in [2.75, 3.05) is 65.9 Å². The number of carbonyl (C=O) groups excluding carboxylic acids is 6. The van der Waals surface area contributed by atoms with Crippen molar-refractivity contribution in [1.82, 2.24) is 4.90 Å². The molecule has 0 bridgehead atoms. The fourth-order valence-electron chi connectivity index (χ4n) is 11.8. The van der Waals surface area contributed by atoms with E-state index in [1.165, 1.54) is 205 Å². The van der Waals surface area contributed by atoms with E-state index in [4.69, 9.17) is 28.4 Å². The lowest BCUT2D eigenvalue weighted by atomic mass is 10.1. The van der Waals surface area contributed by atoms with E-state index in [0.29, 0.717) is 45.1 Å². The van der Waals surface area contributed by atoms with Crippen LogP contribution >= 0.6 is 0 Å². The molecule has 0 radical (unpaired) electrons. The normalized spacial score (nSPS) is 11.5. The summed E-state index contributed by atoms with van der Waals surface area (Å²) in [6, 6.07) is 0. The molecule has 0 saturated carbocycles. The highest BCUT2D eigenvalue weighted by Gasteiger charge is 2.20. The molecule has 14 heteroatoms. The van der Waals surface area contributed by atoms with Crippen molar-refractivity contribution in [2.45, 2.75) is 387 Å². The molecule has 542 valence electrons. The number of hydrogen-bond donors (Lipinski definition) is 1. The Morgan fingerprint density at radius 3 is 0.543 bits per heavy atom. The van der Waals surface area contributed by atoms with E-state index in [9.17, 15) is 33.9 Å². The number of hydrogen-bond acceptors (Lipinski definition) is 14. The molecule has 0 aliphatic rings. The Morgan fingerprint density at radius 2 is 0.380 bits per heavy atom. The van der Waals surface area contributed by atoms with Crippen LogP contribution in [0.25, 0.3) is 0 Å². The van der Waals surface area contributed by atoms with Crippen molar-refractivity contribution >= 4 is 35.8 Å². The van der Waals surface area contributed by atoms with Crippen LogP contribution in [0.4, 0.5) is 0 Å². The first-order valence-electron chi connectivity index (χ1n) is 39.3. The van der Waals surface area contributed by atoms with Gasteiger partial charge in [0.2, 0.25) is 0 Å². The molecular formula is C78H147NO13. The van der Waals surface area contributed by atoms with Crippen molar-refractivity contribution in [3.63, 3.8) is 0 Å². The molecule has 1 N–H and O–H groups in total. The fourth-order valence-corrected chi connectivity index (χ4v) is 11.8. The molecule has 0 fully saturated rings. The average Bonchev–Trinajstić information content (AvgIpc) is 3.68. The fraction of sp³-hybridized carbons (Fsp3) is 0.923. The zero-order valence-electron chi connectivity index (χ0n) is 60.6. The summed E-state index contributed by atoms with van der Waals surface area (Å²) in [5, 5.41) is 9.82. The number of carbonyl (C=O) groups is 6. The highest BCUT2D eigenvalue weighted by molar-refractivity contribution is 5.71. The van der Waals surface area contributed by atoms with Crippen molar-refractivity contribution < 1.29 is 62.3 Å². The van der Waals surface area contributed by atoms with E-state index < -0.39 is 11.8 Å². The van der Waals surface area contributed by atoms with Gasteiger partial charge in [-0.05, 0) is 64.5 Å². The first-order valence-corrected chi connectivity index (χ1v) is 39.3. The maximum atomic E-state index is 12.9. The molecule has 92 heavy (non-hydrogen) atoms. The Labute approximate surface area is 565 Å². The van der Waals surface area contributed by atoms with Crippen LogP contribution in [0.1, 0.15) is 387 Å². The molecular weight excluding hydrogens is 1160 g/mol. The van der Waals surface area contributed by atoms with Gasteiger partial charge in [0.25, 0.3) is 0 Å². The van der Waals surface area contributed by atoms with Crippen molar-refractivity contribution in [3.05, 3.63) is 0 Å². The van der Waals surface area contributed by atoms with Crippen molar-refractivity contribution in [1.29, 1.82) is 0 Å². The Kier molecular flexibility index (Phi) is 69.5. The number of unbranched alkanes of at least 4 members (excludes halogenated alkanes) is 44. The van der Waals surface area contributed by atoms with Gasteiger partial charge < -0.3 is 38.4 Å². The van der Waals surface area contributed by atoms with Gasteiger partial charge >= 0.3 is 35.8 Å². The van der Waals surface area contributed by atoms with Gasteiger partial charge in [-0.2, -0.15) is 0 Å². The molecule has 0 atom stereocenters. The minimum Gasteiger partial charge on any atom is -0.465 e. The topological polar surface area (TPSA) is 181 Å². The molecule has 0 heterocycles. The minimum atomic E-state index is -0.444. The first kappa shape index (κ1) is 88.7. The Hall–Kier alpha value is -3.26. The van der Waals surface area contributed by atoms with E-state index in [0.717, 1.165) is 116 Å². The molecule has 0 aliphatic heterocycles. The van der Waals surface area contributed by atoms with Crippen LogP contribution in [0, 0.1) is 11.8 Å². The van der Waals surface area contributed by atoms with Crippen LogP contribution in [0.3, 0.4) is 0 Å². The summed E-state index contributed by atoms with van der Waals surface area (Å²) in [4.78, 5) is 79.1. The van der Waals surface area contributed by atoms with Gasteiger partial charge in [0, 0.05) is 45.1 Å². The van der Waals surface area contributed by atoms with Crippen LogP contribution < -0.4 is 0 Å². The second-order valence-electron chi connectivity index (χ2n) is 27.2. The van der Waals surface area contributed by atoms with E-state index in [2.05, 4.69) is 32.6 Å². The summed E-state index contributed by atoms with van der Waals surface area (Å²) in [5.41, 5.74) is 0. The third-order valence-electron chi connectivity index (χ3n) is 17.9. The van der Waals surface area contributed by atoms with Crippen LogP contribution in [0.5, 0.6) is 0 Å².